The molecule has 0 spiro atoms. The van der Waals surface area contributed by atoms with Crippen molar-refractivity contribution in [3.8, 4) is 17.0 Å². The van der Waals surface area contributed by atoms with Crippen molar-refractivity contribution in [1.29, 1.82) is 0 Å². The number of methoxy groups -OCH3 is 1. The third-order valence-electron chi connectivity index (χ3n) is 5.35. The molecule has 0 N–H and O–H groups in total. The average Bonchev–Trinajstić information content (AvgIpc) is 3.18. The lowest BCUT2D eigenvalue weighted by Gasteiger charge is -2.22. The maximum absolute atomic E-state index is 14.0. The molecule has 0 saturated carbocycles. The summed E-state index contributed by atoms with van der Waals surface area (Å²) in [5, 5.41) is 0. The average molecular weight is 382 g/mol. The number of rotatable bonds is 4. The van der Waals surface area contributed by atoms with Crippen molar-refractivity contribution >= 4 is 11.3 Å². The zero-order valence-electron chi connectivity index (χ0n) is 16.2. The van der Waals surface area contributed by atoms with Gasteiger partial charge in [0.05, 0.1) is 18.5 Å². The van der Waals surface area contributed by atoms with Crippen molar-refractivity contribution in [2.45, 2.75) is 12.5 Å². The van der Waals surface area contributed by atoms with Crippen molar-refractivity contribution < 1.29 is 9.13 Å². The fraction of sp³-hybridized carbons (Fsp3) is 0.333. The van der Waals surface area contributed by atoms with E-state index in [0.29, 0.717) is 22.9 Å². The number of pyridine rings is 1. The highest BCUT2D eigenvalue weighted by molar-refractivity contribution is 5.63. The standard InChI is InChI=1S/C21H23FN4O2/c1-24(2)15-8-9-25(12-15)16-5-7-20-23-18(11-21(27)26(20)13-16)14-4-6-19(28-3)17(22)10-14/h4-7,10-11,13,15H,8-9,12H2,1-3H3/t15-/m0/s1. The van der Waals surface area contributed by atoms with Crippen molar-refractivity contribution in [2.75, 3.05) is 39.2 Å². The largest absolute Gasteiger partial charge is 0.494 e. The van der Waals surface area contributed by atoms with E-state index in [0.717, 1.165) is 25.2 Å². The van der Waals surface area contributed by atoms with Crippen molar-refractivity contribution in [2.24, 2.45) is 0 Å². The van der Waals surface area contributed by atoms with Gasteiger partial charge in [-0.1, -0.05) is 0 Å². The van der Waals surface area contributed by atoms with Gasteiger partial charge in [-0.2, -0.15) is 0 Å². The van der Waals surface area contributed by atoms with E-state index in [9.17, 15) is 9.18 Å². The summed E-state index contributed by atoms with van der Waals surface area (Å²) in [6.07, 6.45) is 2.93. The first-order valence-electron chi connectivity index (χ1n) is 9.25. The molecule has 6 nitrogen and oxygen atoms in total. The molecular weight excluding hydrogens is 359 g/mol. The number of aromatic nitrogens is 2. The first-order chi connectivity index (χ1) is 13.5. The number of benzene rings is 1. The Morgan fingerprint density at radius 1 is 1.21 bits per heavy atom. The molecule has 0 amide bonds. The molecule has 0 aliphatic carbocycles. The Balaban J connectivity index is 1.69. The molecular formula is C21H23FN4O2. The van der Waals surface area contributed by atoms with Gasteiger partial charge in [-0.3, -0.25) is 9.20 Å². The lowest BCUT2D eigenvalue weighted by Crippen LogP contribution is -2.31. The van der Waals surface area contributed by atoms with Crippen LogP contribution in [0, 0.1) is 5.82 Å². The fourth-order valence-corrected chi connectivity index (χ4v) is 3.65. The first-order valence-corrected chi connectivity index (χ1v) is 9.25. The molecule has 3 aromatic rings. The number of hydrogen-bond donors (Lipinski definition) is 0. The number of likely N-dealkylation sites (N-methyl/N-ethyl adjacent to an activating group) is 1. The molecule has 1 aliphatic rings. The third-order valence-corrected chi connectivity index (χ3v) is 5.35. The Kier molecular flexibility index (Phi) is 4.77. The number of hydrogen-bond acceptors (Lipinski definition) is 5. The van der Waals surface area contributed by atoms with Crippen molar-refractivity contribution in [3.63, 3.8) is 0 Å². The Hall–Kier alpha value is -2.93. The number of fused-ring (bicyclic) bond motifs is 1. The summed E-state index contributed by atoms with van der Waals surface area (Å²) in [6, 6.07) is 10.3. The van der Waals surface area contributed by atoms with Crippen LogP contribution in [0.5, 0.6) is 5.75 Å². The minimum absolute atomic E-state index is 0.160. The van der Waals surface area contributed by atoms with Crippen LogP contribution in [0.25, 0.3) is 16.9 Å². The van der Waals surface area contributed by atoms with Gasteiger partial charge in [0.15, 0.2) is 11.6 Å². The van der Waals surface area contributed by atoms with Gasteiger partial charge >= 0.3 is 0 Å². The van der Waals surface area contributed by atoms with Crippen LogP contribution < -0.4 is 15.2 Å². The minimum atomic E-state index is -0.484. The van der Waals surface area contributed by atoms with E-state index in [1.807, 2.05) is 18.3 Å². The van der Waals surface area contributed by atoms with Gasteiger partial charge in [-0.05, 0) is 50.8 Å². The molecule has 1 aliphatic heterocycles. The number of halogens is 1. The molecule has 3 heterocycles. The van der Waals surface area contributed by atoms with Gasteiger partial charge in [-0.15, -0.1) is 0 Å². The van der Waals surface area contributed by atoms with Gasteiger partial charge in [0.2, 0.25) is 0 Å². The Bertz CT molecular complexity index is 1080. The van der Waals surface area contributed by atoms with E-state index in [1.165, 1.54) is 25.3 Å². The molecule has 7 heteroatoms. The monoisotopic (exact) mass is 382 g/mol. The van der Waals surface area contributed by atoms with E-state index in [2.05, 4.69) is 28.9 Å². The maximum Gasteiger partial charge on any atom is 0.258 e. The van der Waals surface area contributed by atoms with E-state index in [1.54, 1.807) is 10.5 Å². The lowest BCUT2D eigenvalue weighted by atomic mass is 10.1. The molecule has 146 valence electrons. The summed E-state index contributed by atoms with van der Waals surface area (Å²) in [6.45, 7) is 1.89. The van der Waals surface area contributed by atoms with E-state index in [4.69, 9.17) is 4.74 Å². The molecule has 0 radical (unpaired) electrons. The van der Waals surface area contributed by atoms with Gasteiger partial charge in [-0.25, -0.2) is 9.37 Å². The van der Waals surface area contributed by atoms with Crippen LogP contribution in [0.4, 0.5) is 10.1 Å². The maximum atomic E-state index is 14.0. The summed E-state index contributed by atoms with van der Waals surface area (Å²) in [5.74, 6) is -0.325. The van der Waals surface area contributed by atoms with E-state index in [-0.39, 0.29) is 11.3 Å². The highest BCUT2D eigenvalue weighted by atomic mass is 19.1. The van der Waals surface area contributed by atoms with Crippen LogP contribution in [0.3, 0.4) is 0 Å². The van der Waals surface area contributed by atoms with Crippen molar-refractivity contribution in [1.82, 2.24) is 14.3 Å². The fourth-order valence-electron chi connectivity index (χ4n) is 3.65. The Morgan fingerprint density at radius 3 is 2.71 bits per heavy atom. The second kappa shape index (κ2) is 7.24. The molecule has 4 rings (SSSR count). The molecule has 1 atom stereocenters. The second-order valence-electron chi connectivity index (χ2n) is 7.30. The van der Waals surface area contributed by atoms with Crippen LogP contribution in [0.1, 0.15) is 6.42 Å². The van der Waals surface area contributed by atoms with Gasteiger partial charge in [0, 0.05) is 37.0 Å². The molecule has 28 heavy (non-hydrogen) atoms. The van der Waals surface area contributed by atoms with Crippen LogP contribution in [0.15, 0.2) is 47.4 Å². The summed E-state index contributed by atoms with van der Waals surface area (Å²) < 4.78 is 20.5. The van der Waals surface area contributed by atoms with Gasteiger partial charge in [0.1, 0.15) is 5.65 Å². The quantitative estimate of drug-likeness (QED) is 0.694. The van der Waals surface area contributed by atoms with E-state index < -0.39 is 5.82 Å². The highest BCUT2D eigenvalue weighted by Crippen LogP contribution is 2.25. The zero-order chi connectivity index (χ0) is 19.8. The Morgan fingerprint density at radius 2 is 2.04 bits per heavy atom. The zero-order valence-corrected chi connectivity index (χ0v) is 16.2. The van der Waals surface area contributed by atoms with Crippen molar-refractivity contribution in [3.05, 3.63) is 58.8 Å². The van der Waals surface area contributed by atoms with Gasteiger partial charge < -0.3 is 14.5 Å². The molecule has 0 unspecified atom stereocenters. The molecule has 2 aromatic heterocycles. The molecule has 1 fully saturated rings. The summed E-state index contributed by atoms with van der Waals surface area (Å²) in [4.78, 5) is 21.8. The van der Waals surface area contributed by atoms with Crippen LogP contribution in [-0.4, -0.2) is 54.6 Å². The Labute approximate surface area is 162 Å². The second-order valence-corrected chi connectivity index (χ2v) is 7.30. The number of anilines is 1. The van der Waals surface area contributed by atoms with Gasteiger partial charge in [0.25, 0.3) is 5.56 Å². The lowest BCUT2D eigenvalue weighted by molar-refractivity contribution is 0.315. The first kappa shape index (κ1) is 18.4. The van der Waals surface area contributed by atoms with Crippen LogP contribution in [-0.2, 0) is 0 Å². The highest BCUT2D eigenvalue weighted by Gasteiger charge is 2.24. The predicted molar refractivity (Wildman–Crippen MR) is 108 cm³/mol. The number of ether oxygens (including phenoxy) is 1. The van der Waals surface area contributed by atoms with Crippen LogP contribution >= 0.6 is 0 Å². The third kappa shape index (κ3) is 3.33. The normalized spacial score (nSPS) is 16.9. The summed E-state index contributed by atoms with van der Waals surface area (Å²) >= 11 is 0. The summed E-state index contributed by atoms with van der Waals surface area (Å²) in [5.41, 5.74) is 2.32. The predicted octanol–water partition coefficient (Wildman–Crippen LogP) is 2.65. The summed E-state index contributed by atoms with van der Waals surface area (Å²) in [7, 11) is 5.59. The minimum Gasteiger partial charge on any atom is -0.494 e. The number of nitrogens with zero attached hydrogens (tertiary/aromatic N) is 4. The molecule has 1 aromatic carbocycles. The molecule has 0 bridgehead atoms. The molecule has 1 saturated heterocycles. The SMILES string of the molecule is COc1ccc(-c2cc(=O)n3cc(N4CC[C@H](N(C)C)C4)ccc3n2)cc1F. The topological polar surface area (TPSA) is 50.1 Å². The smallest absolute Gasteiger partial charge is 0.258 e. The van der Waals surface area contributed by atoms with E-state index >= 15 is 0 Å². The van der Waals surface area contributed by atoms with Crippen LogP contribution in [0.2, 0.25) is 0 Å².